The van der Waals surface area contributed by atoms with Crippen molar-refractivity contribution in [2.24, 2.45) is 0 Å². The van der Waals surface area contributed by atoms with E-state index in [-0.39, 0.29) is 6.61 Å². The van der Waals surface area contributed by atoms with Gasteiger partial charge in [-0.1, -0.05) is 17.9 Å². The van der Waals surface area contributed by atoms with E-state index in [9.17, 15) is 0 Å². The molecule has 3 nitrogen and oxygen atoms in total. The number of aliphatic hydroxyl groups excluding tert-OH is 1. The summed E-state index contributed by atoms with van der Waals surface area (Å²) in [6, 6.07) is 6.52. The van der Waals surface area contributed by atoms with Gasteiger partial charge >= 0.3 is 0 Å². The van der Waals surface area contributed by atoms with Gasteiger partial charge in [-0.05, 0) is 18.2 Å². The number of hydrogen-bond acceptors (Lipinski definition) is 3. The first-order valence-corrected chi connectivity index (χ1v) is 4.20. The van der Waals surface area contributed by atoms with Crippen molar-refractivity contribution in [1.29, 1.82) is 0 Å². The summed E-state index contributed by atoms with van der Waals surface area (Å²) in [5.41, 5.74) is -1.57. The predicted octanol–water partition coefficient (Wildman–Crippen LogP) is -0.650. The molecule has 1 rings (SSSR count). The minimum atomic E-state index is -2.21. The van der Waals surface area contributed by atoms with Gasteiger partial charge in [0.2, 0.25) is 0 Å². The average molecular weight is 198 g/mol. The molecule has 72 valence electrons. The second-order valence-electron chi connectivity index (χ2n) is 2.84. The fourth-order valence-corrected chi connectivity index (χ4v) is 0.968. The van der Waals surface area contributed by atoms with Crippen LogP contribution in [0.25, 0.3) is 0 Å². The molecule has 0 unspecified atom stereocenters. The zero-order valence-electron chi connectivity index (χ0n) is 7.97. The largest absolute Gasteiger partial charge is 0.482 e. The molecule has 0 spiro atoms. The normalized spacial score (nSPS) is 10.3. The lowest BCUT2D eigenvalue weighted by atomic mass is 9.76. The Kier molecular flexibility index (Phi) is 3.84. The highest BCUT2D eigenvalue weighted by Gasteiger charge is 2.12. The zero-order valence-corrected chi connectivity index (χ0v) is 7.97. The maximum absolute atomic E-state index is 9.00. The van der Waals surface area contributed by atoms with Crippen molar-refractivity contribution >= 4 is 15.7 Å². The summed E-state index contributed by atoms with van der Waals surface area (Å²) in [5, 5.41) is 17.5. The minimum absolute atomic E-state index is 0.219. The maximum Gasteiger partial charge on any atom is 0.156 e. The highest BCUT2D eigenvalue weighted by atomic mass is 16.6. The molecule has 0 bridgehead atoms. The molecular formula is C10H8B2O3. The van der Waals surface area contributed by atoms with Gasteiger partial charge in [0.25, 0.3) is 0 Å². The monoisotopic (exact) mass is 198 g/mol. The Bertz CT molecular complexity index is 388. The third-order valence-electron chi connectivity index (χ3n) is 1.43. The van der Waals surface area contributed by atoms with Crippen LogP contribution in [0.1, 0.15) is 5.56 Å². The Balaban J connectivity index is 2.83. The van der Waals surface area contributed by atoms with Crippen LogP contribution in [0.5, 0.6) is 5.75 Å². The summed E-state index contributed by atoms with van der Waals surface area (Å²) in [7, 11) is 10.1. The third-order valence-corrected chi connectivity index (χ3v) is 1.43. The van der Waals surface area contributed by atoms with Crippen molar-refractivity contribution in [2.75, 3.05) is 6.61 Å². The fraction of sp³-hybridized carbons (Fsp3) is 0.200. The van der Waals surface area contributed by atoms with E-state index < -0.39 is 5.59 Å². The number of hydrogen-bond donors (Lipinski definition) is 2. The smallest absolute Gasteiger partial charge is 0.156 e. The first kappa shape index (κ1) is 11.7. The zero-order chi connectivity index (χ0) is 11.3. The Hall–Kier alpha value is -1.37. The van der Waals surface area contributed by atoms with Crippen LogP contribution in [0, 0.1) is 11.8 Å². The summed E-state index contributed by atoms with van der Waals surface area (Å²) >= 11 is 0. The highest BCUT2D eigenvalue weighted by molar-refractivity contribution is 6.37. The Morgan fingerprint density at radius 3 is 2.73 bits per heavy atom. The van der Waals surface area contributed by atoms with E-state index in [4.69, 9.17) is 30.6 Å². The van der Waals surface area contributed by atoms with Gasteiger partial charge in [-0.3, -0.25) is 0 Å². The van der Waals surface area contributed by atoms with Crippen molar-refractivity contribution in [3.63, 3.8) is 0 Å². The first-order chi connectivity index (χ1) is 7.01. The SMILES string of the molecule is [B]C([B])(O)Oc1cccc(C#CCO)c1. The van der Waals surface area contributed by atoms with Crippen LogP contribution in [0.2, 0.25) is 0 Å². The lowest BCUT2D eigenvalue weighted by Crippen LogP contribution is -2.36. The summed E-state index contributed by atoms with van der Waals surface area (Å²) in [6.45, 7) is -0.219. The molecule has 1 aromatic carbocycles. The molecule has 0 heterocycles. The third kappa shape index (κ3) is 4.59. The maximum atomic E-state index is 9.00. The van der Waals surface area contributed by atoms with Gasteiger partial charge in [0, 0.05) is 5.56 Å². The van der Waals surface area contributed by atoms with Gasteiger partial charge in [0.1, 0.15) is 17.9 Å². The molecule has 0 amide bonds. The van der Waals surface area contributed by atoms with E-state index in [0.29, 0.717) is 11.3 Å². The Morgan fingerprint density at radius 2 is 2.13 bits per heavy atom. The summed E-state index contributed by atoms with van der Waals surface area (Å²) in [6.07, 6.45) is 0. The molecule has 0 atom stereocenters. The second-order valence-corrected chi connectivity index (χ2v) is 2.84. The van der Waals surface area contributed by atoms with E-state index in [1.165, 1.54) is 0 Å². The van der Waals surface area contributed by atoms with E-state index in [0.717, 1.165) is 0 Å². The van der Waals surface area contributed by atoms with Gasteiger partial charge in [-0.25, -0.2) is 0 Å². The van der Waals surface area contributed by atoms with Crippen molar-refractivity contribution < 1.29 is 14.9 Å². The standard InChI is InChI=1S/C10H8B2O3/c11-10(12,14)15-9-5-1-3-8(7-9)4-2-6-13/h1,3,5,7,13-14H,6H2. The molecule has 4 radical (unpaired) electrons. The van der Waals surface area contributed by atoms with Gasteiger partial charge in [-0.15, -0.1) is 0 Å². The molecule has 0 aliphatic rings. The highest BCUT2D eigenvalue weighted by Crippen LogP contribution is 2.15. The van der Waals surface area contributed by atoms with Crippen molar-refractivity contribution in [3.8, 4) is 17.6 Å². The quantitative estimate of drug-likeness (QED) is 0.377. The predicted molar refractivity (Wildman–Crippen MR) is 57.5 cm³/mol. The van der Waals surface area contributed by atoms with Crippen LogP contribution in [0.3, 0.4) is 0 Å². The molecule has 0 saturated heterocycles. The average Bonchev–Trinajstić information content (AvgIpc) is 2.12. The molecule has 1 aromatic rings. The minimum Gasteiger partial charge on any atom is -0.482 e. The molecule has 0 aliphatic heterocycles. The van der Waals surface area contributed by atoms with Gasteiger partial charge in [-0.2, -0.15) is 0 Å². The fourth-order valence-electron chi connectivity index (χ4n) is 0.968. The van der Waals surface area contributed by atoms with E-state index in [1.54, 1.807) is 24.3 Å². The van der Waals surface area contributed by atoms with E-state index in [1.807, 2.05) is 0 Å². The van der Waals surface area contributed by atoms with Crippen LogP contribution in [-0.4, -0.2) is 38.1 Å². The van der Waals surface area contributed by atoms with E-state index in [2.05, 4.69) is 11.8 Å². The van der Waals surface area contributed by atoms with Crippen molar-refractivity contribution in [3.05, 3.63) is 29.8 Å². The van der Waals surface area contributed by atoms with Crippen LogP contribution in [0.4, 0.5) is 0 Å². The molecule has 0 fully saturated rings. The number of benzene rings is 1. The molecule has 15 heavy (non-hydrogen) atoms. The lowest BCUT2D eigenvalue weighted by Gasteiger charge is -2.21. The number of aliphatic hydroxyl groups is 2. The van der Waals surface area contributed by atoms with E-state index >= 15 is 0 Å². The summed E-state index contributed by atoms with van der Waals surface area (Å²) < 4.78 is 4.80. The molecule has 0 aliphatic carbocycles. The Labute approximate surface area is 90.9 Å². The Morgan fingerprint density at radius 1 is 1.40 bits per heavy atom. The topological polar surface area (TPSA) is 49.7 Å². The van der Waals surface area contributed by atoms with Crippen LogP contribution in [0.15, 0.2) is 24.3 Å². The molecule has 2 N–H and O–H groups in total. The lowest BCUT2D eigenvalue weighted by molar-refractivity contribution is 0.0128. The molecule has 0 saturated carbocycles. The van der Waals surface area contributed by atoms with Crippen LogP contribution in [-0.2, 0) is 0 Å². The first-order valence-electron chi connectivity index (χ1n) is 4.20. The number of rotatable bonds is 2. The van der Waals surface area contributed by atoms with Crippen molar-refractivity contribution in [2.45, 2.75) is 5.59 Å². The van der Waals surface area contributed by atoms with Crippen LogP contribution >= 0.6 is 0 Å². The summed E-state index contributed by atoms with van der Waals surface area (Å²) in [5.74, 6) is 5.46. The molecule has 0 aromatic heterocycles. The molecule has 5 heteroatoms. The van der Waals surface area contributed by atoms with Crippen molar-refractivity contribution in [1.82, 2.24) is 0 Å². The number of ether oxygens (including phenoxy) is 1. The van der Waals surface area contributed by atoms with Crippen LogP contribution < -0.4 is 4.74 Å². The molecular weight excluding hydrogens is 190 g/mol. The van der Waals surface area contributed by atoms with Gasteiger partial charge < -0.3 is 14.9 Å². The van der Waals surface area contributed by atoms with Gasteiger partial charge in [0.05, 0.1) is 0 Å². The summed E-state index contributed by atoms with van der Waals surface area (Å²) in [4.78, 5) is 0. The second kappa shape index (κ2) is 4.92. The van der Waals surface area contributed by atoms with Gasteiger partial charge in [0.15, 0.2) is 15.7 Å².